The Morgan fingerprint density at radius 3 is 2.09 bits per heavy atom. The molecule has 0 aliphatic carbocycles. The molecule has 0 saturated heterocycles. The summed E-state index contributed by atoms with van der Waals surface area (Å²) in [6.45, 7) is 8.83. The van der Waals surface area contributed by atoms with Crippen molar-refractivity contribution in [1.82, 2.24) is 9.97 Å². The summed E-state index contributed by atoms with van der Waals surface area (Å²) in [6.07, 6.45) is 19.4. The molecule has 2 rings (SSSR count). The molecule has 0 spiro atoms. The molecule has 1 aromatic heterocycles. The first-order chi connectivity index (χ1) is 16.2. The fourth-order valence-electron chi connectivity index (χ4n) is 3.85. The van der Waals surface area contributed by atoms with Gasteiger partial charge in [-0.3, -0.25) is 0 Å². The molecular formula is C29H46N2O2. The molecule has 0 N–H and O–H groups in total. The van der Waals surface area contributed by atoms with Gasteiger partial charge in [-0.2, -0.15) is 0 Å². The predicted molar refractivity (Wildman–Crippen MR) is 139 cm³/mol. The summed E-state index contributed by atoms with van der Waals surface area (Å²) < 4.78 is 11.5. The van der Waals surface area contributed by atoms with Crippen molar-refractivity contribution >= 4 is 0 Å². The maximum Gasteiger partial charge on any atom is 0.159 e. The highest BCUT2D eigenvalue weighted by molar-refractivity contribution is 5.55. The first kappa shape index (κ1) is 27.3. The number of nitrogens with zero attached hydrogens (tertiary/aromatic N) is 2. The zero-order valence-electron chi connectivity index (χ0n) is 21.4. The van der Waals surface area contributed by atoms with Gasteiger partial charge in [0.15, 0.2) is 5.82 Å². The second kappa shape index (κ2) is 17.5. The van der Waals surface area contributed by atoms with Gasteiger partial charge in [0.2, 0.25) is 0 Å². The fourth-order valence-corrected chi connectivity index (χ4v) is 3.85. The molecule has 33 heavy (non-hydrogen) atoms. The van der Waals surface area contributed by atoms with Crippen molar-refractivity contribution < 1.29 is 9.47 Å². The van der Waals surface area contributed by atoms with Crippen LogP contribution in [0.3, 0.4) is 0 Å². The first-order valence-electron chi connectivity index (χ1n) is 13.3. The highest BCUT2D eigenvalue weighted by atomic mass is 16.5. The summed E-state index contributed by atoms with van der Waals surface area (Å²) in [6, 6.07) is 8.01. The van der Waals surface area contributed by atoms with Gasteiger partial charge in [-0.25, -0.2) is 9.97 Å². The van der Waals surface area contributed by atoms with E-state index < -0.39 is 0 Å². The molecule has 0 amide bonds. The van der Waals surface area contributed by atoms with Crippen LogP contribution in [-0.2, 0) is 11.2 Å². The molecule has 1 aromatic carbocycles. The second-order valence-corrected chi connectivity index (χ2v) is 9.28. The molecule has 4 heteroatoms. The number of aryl methyl sites for hydroxylation is 1. The molecule has 0 fully saturated rings. The van der Waals surface area contributed by atoms with E-state index in [1.807, 2.05) is 36.7 Å². The topological polar surface area (TPSA) is 44.2 Å². The van der Waals surface area contributed by atoms with E-state index in [-0.39, 0.29) is 0 Å². The van der Waals surface area contributed by atoms with Crippen molar-refractivity contribution in [2.45, 2.75) is 97.8 Å². The minimum absolute atomic E-state index is 0.576. The highest BCUT2D eigenvalue weighted by Gasteiger charge is 2.03. The van der Waals surface area contributed by atoms with Gasteiger partial charge in [-0.1, -0.05) is 72.1 Å². The van der Waals surface area contributed by atoms with Gasteiger partial charge >= 0.3 is 0 Å². The van der Waals surface area contributed by atoms with E-state index in [1.54, 1.807) is 0 Å². The molecule has 1 atom stereocenters. The number of rotatable bonds is 19. The van der Waals surface area contributed by atoms with Crippen LogP contribution in [0.15, 0.2) is 36.7 Å². The van der Waals surface area contributed by atoms with Crippen LogP contribution in [0.4, 0.5) is 0 Å². The number of hydrogen-bond acceptors (Lipinski definition) is 4. The molecule has 0 saturated carbocycles. The van der Waals surface area contributed by atoms with Crippen LogP contribution >= 0.6 is 0 Å². The van der Waals surface area contributed by atoms with E-state index in [1.165, 1.54) is 69.8 Å². The zero-order valence-corrected chi connectivity index (χ0v) is 21.4. The molecule has 4 nitrogen and oxygen atoms in total. The maximum atomic E-state index is 5.79. The SMILES string of the molecule is CCCCCCCCCCc1cnc(-c2ccc(OCCOCCCC(C)CC)cc2)nc1. The lowest BCUT2D eigenvalue weighted by molar-refractivity contribution is 0.0953. The lowest BCUT2D eigenvalue weighted by Crippen LogP contribution is -2.08. The van der Waals surface area contributed by atoms with Gasteiger partial charge < -0.3 is 9.47 Å². The molecule has 0 aliphatic heterocycles. The molecule has 0 bridgehead atoms. The van der Waals surface area contributed by atoms with Crippen LogP contribution in [0.2, 0.25) is 0 Å². The molecule has 1 unspecified atom stereocenters. The summed E-state index contributed by atoms with van der Waals surface area (Å²) in [4.78, 5) is 9.16. The quantitative estimate of drug-likeness (QED) is 0.201. The number of unbranched alkanes of at least 4 members (excludes halogenated alkanes) is 7. The maximum absolute atomic E-state index is 5.79. The van der Waals surface area contributed by atoms with E-state index in [0.29, 0.717) is 13.2 Å². The first-order valence-corrected chi connectivity index (χ1v) is 13.3. The van der Waals surface area contributed by atoms with E-state index >= 15 is 0 Å². The van der Waals surface area contributed by atoms with Gasteiger partial charge in [0.25, 0.3) is 0 Å². The van der Waals surface area contributed by atoms with Crippen LogP contribution < -0.4 is 4.74 Å². The number of benzene rings is 1. The van der Waals surface area contributed by atoms with Gasteiger partial charge in [-0.15, -0.1) is 0 Å². The van der Waals surface area contributed by atoms with E-state index in [0.717, 1.165) is 42.5 Å². The highest BCUT2D eigenvalue weighted by Crippen LogP contribution is 2.20. The second-order valence-electron chi connectivity index (χ2n) is 9.28. The lowest BCUT2D eigenvalue weighted by Gasteiger charge is -2.10. The summed E-state index contributed by atoms with van der Waals surface area (Å²) in [5.74, 6) is 2.41. The Morgan fingerprint density at radius 1 is 0.758 bits per heavy atom. The fraction of sp³-hybridized carbons (Fsp3) is 0.655. The third-order valence-electron chi connectivity index (χ3n) is 6.32. The Morgan fingerprint density at radius 2 is 1.42 bits per heavy atom. The summed E-state index contributed by atoms with van der Waals surface area (Å²) in [5, 5.41) is 0. The van der Waals surface area contributed by atoms with Crippen molar-refractivity contribution in [2.24, 2.45) is 5.92 Å². The average molecular weight is 455 g/mol. The Balaban J connectivity index is 1.60. The van der Waals surface area contributed by atoms with Crippen molar-refractivity contribution in [3.63, 3.8) is 0 Å². The molecule has 1 heterocycles. The zero-order chi connectivity index (χ0) is 23.6. The minimum Gasteiger partial charge on any atom is -0.491 e. The average Bonchev–Trinajstić information content (AvgIpc) is 2.85. The van der Waals surface area contributed by atoms with E-state index in [2.05, 4.69) is 30.7 Å². The van der Waals surface area contributed by atoms with Crippen LogP contribution in [0.5, 0.6) is 5.75 Å². The molecular weight excluding hydrogens is 408 g/mol. The van der Waals surface area contributed by atoms with E-state index in [9.17, 15) is 0 Å². The van der Waals surface area contributed by atoms with Gasteiger partial charge in [0, 0.05) is 24.6 Å². The van der Waals surface area contributed by atoms with Crippen LogP contribution in [0.1, 0.15) is 97.0 Å². The molecule has 0 aliphatic rings. The van der Waals surface area contributed by atoms with E-state index in [4.69, 9.17) is 9.47 Å². The largest absolute Gasteiger partial charge is 0.491 e. The third kappa shape index (κ3) is 12.2. The smallest absolute Gasteiger partial charge is 0.159 e. The molecule has 2 aromatic rings. The van der Waals surface area contributed by atoms with Crippen LogP contribution in [0, 0.1) is 5.92 Å². The third-order valence-corrected chi connectivity index (χ3v) is 6.32. The monoisotopic (exact) mass is 454 g/mol. The van der Waals surface area contributed by atoms with Crippen LogP contribution in [-0.4, -0.2) is 29.8 Å². The lowest BCUT2D eigenvalue weighted by atomic mass is 10.0. The van der Waals surface area contributed by atoms with Crippen LogP contribution in [0.25, 0.3) is 11.4 Å². The van der Waals surface area contributed by atoms with Crippen molar-refractivity contribution in [3.8, 4) is 17.1 Å². The van der Waals surface area contributed by atoms with Gasteiger partial charge in [-0.05, 0) is 61.4 Å². The minimum atomic E-state index is 0.576. The molecule has 0 radical (unpaired) electrons. The van der Waals surface area contributed by atoms with Crippen molar-refractivity contribution in [3.05, 3.63) is 42.2 Å². The van der Waals surface area contributed by atoms with Gasteiger partial charge in [0.05, 0.1) is 6.61 Å². The van der Waals surface area contributed by atoms with Crippen molar-refractivity contribution in [2.75, 3.05) is 19.8 Å². The normalized spacial score (nSPS) is 12.1. The molecule has 184 valence electrons. The Hall–Kier alpha value is -1.94. The standard InChI is InChI=1S/C29H46N2O2/c1-4-6-7-8-9-10-11-12-15-26-23-30-29(31-24-26)27-16-18-28(19-17-27)33-22-21-32-20-13-14-25(3)5-2/h16-19,23-25H,4-15,20-22H2,1-3H3. The summed E-state index contributed by atoms with van der Waals surface area (Å²) in [7, 11) is 0. The Labute approximate surface area is 202 Å². The number of ether oxygens (including phenoxy) is 2. The number of hydrogen-bond donors (Lipinski definition) is 0. The van der Waals surface area contributed by atoms with Gasteiger partial charge in [0.1, 0.15) is 12.4 Å². The number of aromatic nitrogens is 2. The Bertz CT molecular complexity index is 715. The summed E-state index contributed by atoms with van der Waals surface area (Å²) >= 11 is 0. The van der Waals surface area contributed by atoms with Crippen molar-refractivity contribution in [1.29, 1.82) is 0 Å². The predicted octanol–water partition coefficient (Wildman–Crippen LogP) is 8.05. The summed E-state index contributed by atoms with van der Waals surface area (Å²) in [5.41, 5.74) is 2.25. The Kier molecular flexibility index (Phi) is 14.5.